The summed E-state index contributed by atoms with van der Waals surface area (Å²) in [6.45, 7) is 0. The van der Waals surface area contributed by atoms with Crippen LogP contribution in [0.25, 0.3) is 0 Å². The summed E-state index contributed by atoms with van der Waals surface area (Å²) >= 11 is 11.9. The predicted molar refractivity (Wildman–Crippen MR) is 90.5 cm³/mol. The standard InChI is InChI=1S/C18H14Cl2N2O3/c19-8-1-2-9(12(20)7-8)15(23)21-22-16(24)13-10-3-4-11(14(13)17(22)25)18(10)5-6-18/h1-4,7,10-11,13-14H,5-6H2,(H,21,23)/t10-,11-,13-,14+/m0/s1. The zero-order chi connectivity index (χ0) is 17.5. The highest BCUT2D eigenvalue weighted by Gasteiger charge is 2.73. The van der Waals surface area contributed by atoms with Gasteiger partial charge in [-0.05, 0) is 48.3 Å². The zero-order valence-electron chi connectivity index (χ0n) is 13.0. The topological polar surface area (TPSA) is 66.5 Å². The van der Waals surface area contributed by atoms with Crippen molar-refractivity contribution in [3.05, 3.63) is 46.0 Å². The quantitative estimate of drug-likeness (QED) is 0.637. The Bertz CT molecular complexity index is 843. The van der Waals surface area contributed by atoms with Crippen LogP contribution in [0.3, 0.4) is 0 Å². The number of rotatable bonds is 2. The SMILES string of the molecule is O=C(NN1C(=O)[C@@H]2[C@H](C1=O)[C@@H]1C=C[C@@H]2C12CC2)c1ccc(Cl)cc1Cl. The fraction of sp³-hybridized carbons (Fsp3) is 0.389. The Morgan fingerprint density at radius 1 is 1.08 bits per heavy atom. The van der Waals surface area contributed by atoms with Gasteiger partial charge in [0, 0.05) is 5.02 Å². The van der Waals surface area contributed by atoms with Gasteiger partial charge in [0.1, 0.15) is 0 Å². The van der Waals surface area contributed by atoms with Gasteiger partial charge in [-0.3, -0.25) is 19.8 Å². The van der Waals surface area contributed by atoms with E-state index in [1.54, 1.807) is 0 Å². The summed E-state index contributed by atoms with van der Waals surface area (Å²) in [5.74, 6) is -1.64. The van der Waals surface area contributed by atoms with Gasteiger partial charge in [-0.1, -0.05) is 35.4 Å². The molecule has 4 aliphatic rings. The number of hydrogen-bond acceptors (Lipinski definition) is 3. The molecule has 1 heterocycles. The van der Waals surface area contributed by atoms with Crippen molar-refractivity contribution in [3.63, 3.8) is 0 Å². The molecule has 4 atom stereocenters. The summed E-state index contributed by atoms with van der Waals surface area (Å²) in [6.07, 6.45) is 6.34. The van der Waals surface area contributed by atoms with E-state index in [1.807, 2.05) is 0 Å². The van der Waals surface area contributed by atoms with Crippen molar-refractivity contribution in [2.24, 2.45) is 29.1 Å². The minimum Gasteiger partial charge on any atom is -0.272 e. The molecule has 1 spiro atoms. The molecule has 2 bridgehead atoms. The van der Waals surface area contributed by atoms with E-state index in [9.17, 15) is 14.4 Å². The Hall–Kier alpha value is -1.85. The highest BCUT2D eigenvalue weighted by Crippen LogP contribution is 2.73. The predicted octanol–water partition coefficient (Wildman–Crippen LogP) is 2.84. The number of benzene rings is 1. The van der Waals surface area contributed by atoms with E-state index in [0.717, 1.165) is 17.9 Å². The van der Waals surface area contributed by atoms with E-state index in [-0.39, 0.29) is 51.5 Å². The van der Waals surface area contributed by atoms with Gasteiger partial charge in [0.15, 0.2) is 0 Å². The number of carbonyl (C=O) groups excluding carboxylic acids is 3. The number of allylic oxidation sites excluding steroid dienone is 2. The van der Waals surface area contributed by atoms with Crippen LogP contribution in [0.2, 0.25) is 10.0 Å². The second-order valence-corrected chi connectivity index (χ2v) is 8.14. The number of hydrogen-bond donors (Lipinski definition) is 1. The lowest BCUT2D eigenvalue weighted by atomic mass is 9.85. The zero-order valence-corrected chi connectivity index (χ0v) is 14.6. The Labute approximate surface area is 153 Å². The van der Waals surface area contributed by atoms with Gasteiger partial charge in [-0.25, -0.2) is 0 Å². The van der Waals surface area contributed by atoms with Crippen molar-refractivity contribution in [1.29, 1.82) is 0 Å². The fourth-order valence-electron chi connectivity index (χ4n) is 5.02. The van der Waals surface area contributed by atoms with Gasteiger partial charge >= 0.3 is 0 Å². The van der Waals surface area contributed by atoms with Crippen molar-refractivity contribution in [2.45, 2.75) is 12.8 Å². The molecule has 1 aliphatic heterocycles. The summed E-state index contributed by atoms with van der Waals surface area (Å²) in [5.41, 5.74) is 2.75. The van der Waals surface area contributed by atoms with E-state index in [4.69, 9.17) is 23.2 Å². The van der Waals surface area contributed by atoms with Gasteiger partial charge in [0.2, 0.25) is 0 Å². The summed E-state index contributed by atoms with van der Waals surface area (Å²) in [7, 11) is 0. The molecule has 3 fully saturated rings. The number of imide groups is 1. The molecule has 1 aromatic carbocycles. The normalized spacial score (nSPS) is 33.3. The second kappa shape index (κ2) is 4.86. The largest absolute Gasteiger partial charge is 0.272 e. The molecule has 2 saturated carbocycles. The molecule has 0 unspecified atom stereocenters. The highest BCUT2D eigenvalue weighted by atomic mass is 35.5. The maximum Gasteiger partial charge on any atom is 0.271 e. The van der Waals surface area contributed by atoms with E-state index in [1.165, 1.54) is 18.2 Å². The Morgan fingerprint density at radius 3 is 2.20 bits per heavy atom. The molecule has 1 saturated heterocycles. The van der Waals surface area contributed by atoms with Crippen LogP contribution in [-0.4, -0.2) is 22.7 Å². The molecule has 7 heteroatoms. The van der Waals surface area contributed by atoms with E-state index < -0.39 is 5.91 Å². The molecule has 5 rings (SSSR count). The van der Waals surface area contributed by atoms with E-state index in [2.05, 4.69) is 17.6 Å². The molecule has 128 valence electrons. The minimum absolute atomic E-state index is 0.125. The molecular weight excluding hydrogens is 363 g/mol. The smallest absolute Gasteiger partial charge is 0.271 e. The number of nitrogens with one attached hydrogen (secondary N) is 1. The molecule has 0 radical (unpaired) electrons. The van der Waals surface area contributed by atoms with Gasteiger partial charge in [-0.15, -0.1) is 0 Å². The molecule has 3 amide bonds. The molecule has 5 nitrogen and oxygen atoms in total. The van der Waals surface area contributed by atoms with Crippen LogP contribution in [0.5, 0.6) is 0 Å². The molecule has 1 N–H and O–H groups in total. The molecule has 0 aromatic heterocycles. The first-order chi connectivity index (χ1) is 11.9. The number of fused-ring (bicyclic) bond motifs is 3. The van der Waals surface area contributed by atoms with Crippen molar-refractivity contribution >= 4 is 40.9 Å². The van der Waals surface area contributed by atoms with Crippen LogP contribution in [0.15, 0.2) is 30.4 Å². The summed E-state index contributed by atoms with van der Waals surface area (Å²) < 4.78 is 0. The summed E-state index contributed by atoms with van der Waals surface area (Å²) in [5, 5.41) is 1.47. The average Bonchev–Trinajstić information content (AvgIpc) is 3.17. The van der Waals surface area contributed by atoms with Crippen LogP contribution in [0.1, 0.15) is 23.2 Å². The third-order valence-electron chi connectivity index (χ3n) is 6.24. The highest BCUT2D eigenvalue weighted by molar-refractivity contribution is 6.36. The fourth-order valence-corrected chi connectivity index (χ4v) is 5.52. The van der Waals surface area contributed by atoms with Gasteiger partial charge < -0.3 is 0 Å². The Kier molecular flexibility index (Phi) is 3.00. The average molecular weight is 377 g/mol. The number of halogens is 2. The first-order valence-corrected chi connectivity index (χ1v) is 9.02. The van der Waals surface area contributed by atoms with Crippen LogP contribution in [-0.2, 0) is 9.59 Å². The lowest BCUT2D eigenvalue weighted by Gasteiger charge is -2.22. The van der Waals surface area contributed by atoms with Crippen molar-refractivity contribution in [2.75, 3.05) is 0 Å². The maximum absolute atomic E-state index is 12.8. The van der Waals surface area contributed by atoms with Crippen LogP contribution in [0, 0.1) is 29.1 Å². The Balaban J connectivity index is 1.41. The summed E-state index contributed by atoms with van der Waals surface area (Å²) in [6, 6.07) is 4.45. The van der Waals surface area contributed by atoms with E-state index >= 15 is 0 Å². The third-order valence-corrected chi connectivity index (χ3v) is 6.79. The van der Waals surface area contributed by atoms with Crippen molar-refractivity contribution in [1.82, 2.24) is 10.4 Å². The van der Waals surface area contributed by atoms with Crippen LogP contribution < -0.4 is 5.43 Å². The molecular formula is C18H14Cl2N2O3. The van der Waals surface area contributed by atoms with Crippen molar-refractivity contribution < 1.29 is 14.4 Å². The van der Waals surface area contributed by atoms with Gasteiger partial charge in [-0.2, -0.15) is 5.01 Å². The van der Waals surface area contributed by atoms with Gasteiger partial charge in [0.05, 0.1) is 22.4 Å². The maximum atomic E-state index is 12.8. The molecule has 3 aliphatic carbocycles. The van der Waals surface area contributed by atoms with Crippen LogP contribution >= 0.6 is 23.2 Å². The van der Waals surface area contributed by atoms with Crippen molar-refractivity contribution in [3.8, 4) is 0 Å². The lowest BCUT2D eigenvalue weighted by Crippen LogP contribution is -2.48. The molecule has 25 heavy (non-hydrogen) atoms. The van der Waals surface area contributed by atoms with Gasteiger partial charge in [0.25, 0.3) is 17.7 Å². The Morgan fingerprint density at radius 2 is 1.68 bits per heavy atom. The number of carbonyl (C=O) groups is 3. The second-order valence-electron chi connectivity index (χ2n) is 7.30. The van der Waals surface area contributed by atoms with Crippen LogP contribution in [0.4, 0.5) is 0 Å². The number of amides is 3. The third kappa shape index (κ3) is 1.88. The first kappa shape index (κ1) is 15.4. The monoisotopic (exact) mass is 376 g/mol. The summed E-state index contributed by atoms with van der Waals surface area (Å²) in [4.78, 5) is 38.1. The molecule has 1 aromatic rings. The van der Waals surface area contributed by atoms with E-state index in [0.29, 0.717) is 5.02 Å². The lowest BCUT2D eigenvalue weighted by molar-refractivity contribution is -0.144. The number of nitrogens with zero attached hydrogens (tertiary/aromatic N) is 1. The number of hydrazine groups is 1. The first-order valence-electron chi connectivity index (χ1n) is 8.26. The minimum atomic E-state index is -0.593.